The summed E-state index contributed by atoms with van der Waals surface area (Å²) in [6, 6.07) is 2.56. The van der Waals surface area contributed by atoms with Crippen LogP contribution in [0.25, 0.3) is 0 Å². The first-order chi connectivity index (χ1) is 15.8. The van der Waals surface area contributed by atoms with Crippen molar-refractivity contribution >= 4 is 27.7 Å². The number of carboxylic acid groups (broad SMARTS) is 1. The molecule has 13 heteroatoms. The van der Waals surface area contributed by atoms with E-state index < -0.39 is 34.5 Å². The van der Waals surface area contributed by atoms with Crippen LogP contribution in [0.2, 0.25) is 0 Å². The fourth-order valence-electron chi connectivity index (χ4n) is 3.29. The Morgan fingerprint density at radius 1 is 1.36 bits per heavy atom. The summed E-state index contributed by atoms with van der Waals surface area (Å²) >= 11 is 0. The summed E-state index contributed by atoms with van der Waals surface area (Å²) in [6.07, 6.45) is 5.66. The van der Waals surface area contributed by atoms with Gasteiger partial charge in [0.15, 0.2) is 0 Å². The first-order valence-corrected chi connectivity index (χ1v) is 12.2. The average Bonchev–Trinajstić information content (AvgIpc) is 3.28. The Balaban J connectivity index is 1.52. The second kappa shape index (κ2) is 11.2. The van der Waals surface area contributed by atoms with Crippen molar-refractivity contribution in [3.05, 3.63) is 41.3 Å². The molecule has 0 spiro atoms. The van der Waals surface area contributed by atoms with Crippen LogP contribution in [0.5, 0.6) is 0 Å². The zero-order chi connectivity index (χ0) is 23.8. The van der Waals surface area contributed by atoms with E-state index in [2.05, 4.69) is 26.8 Å². The molecule has 1 aliphatic heterocycles. The van der Waals surface area contributed by atoms with Crippen LogP contribution >= 0.6 is 0 Å². The van der Waals surface area contributed by atoms with Crippen molar-refractivity contribution in [2.24, 2.45) is 0 Å². The molecule has 0 saturated carbocycles. The van der Waals surface area contributed by atoms with E-state index in [1.54, 1.807) is 10.9 Å². The Bertz CT molecular complexity index is 1090. The standard InChI is InChI=1S/C20H28N6O6S/c1-32-9-10-33(30,31)25-17(20(28)29)12-22-19(27)15-11-23-26(13-15)8-6-16-5-4-14-3-2-7-21-18(14)24-16/h4-5,11,13,17,25H,2-3,6-10,12H2,1H3,(H,21,24)(H,22,27)(H,28,29). The number of carbonyl (C=O) groups excluding carboxylic acids is 1. The number of pyridine rings is 1. The number of carbonyl (C=O) groups is 2. The molecule has 1 unspecified atom stereocenters. The maximum Gasteiger partial charge on any atom is 0.323 e. The minimum absolute atomic E-state index is 0.0787. The summed E-state index contributed by atoms with van der Waals surface area (Å²) in [5.74, 6) is -1.42. The van der Waals surface area contributed by atoms with E-state index in [9.17, 15) is 23.1 Å². The third kappa shape index (κ3) is 7.23. The van der Waals surface area contributed by atoms with E-state index >= 15 is 0 Å². The van der Waals surface area contributed by atoms with Crippen LogP contribution in [-0.4, -0.2) is 78.8 Å². The highest BCUT2D eigenvalue weighted by Gasteiger charge is 2.25. The Labute approximate surface area is 191 Å². The van der Waals surface area contributed by atoms with Crippen molar-refractivity contribution in [3.63, 3.8) is 0 Å². The fraction of sp³-hybridized carbons (Fsp3) is 0.500. The zero-order valence-electron chi connectivity index (χ0n) is 18.3. The molecule has 4 N–H and O–H groups in total. The number of anilines is 1. The van der Waals surface area contributed by atoms with Gasteiger partial charge in [-0.15, -0.1) is 0 Å². The van der Waals surface area contributed by atoms with Crippen LogP contribution in [0.15, 0.2) is 24.5 Å². The predicted molar refractivity (Wildman–Crippen MR) is 120 cm³/mol. The molecular weight excluding hydrogens is 452 g/mol. The molecule has 12 nitrogen and oxygen atoms in total. The normalized spacial score (nSPS) is 14.2. The molecular formula is C20H28N6O6S. The zero-order valence-corrected chi connectivity index (χ0v) is 19.1. The fourth-order valence-corrected chi connectivity index (χ4v) is 4.41. The number of aryl methyl sites for hydroxylation is 3. The Morgan fingerprint density at radius 2 is 2.18 bits per heavy atom. The van der Waals surface area contributed by atoms with E-state index in [-0.39, 0.29) is 17.9 Å². The first-order valence-electron chi connectivity index (χ1n) is 10.5. The van der Waals surface area contributed by atoms with Gasteiger partial charge in [0.1, 0.15) is 11.9 Å². The van der Waals surface area contributed by atoms with Crippen molar-refractivity contribution in [3.8, 4) is 0 Å². The number of aromatic nitrogens is 3. The molecule has 3 heterocycles. The molecule has 0 aliphatic carbocycles. The molecule has 0 fully saturated rings. The third-order valence-electron chi connectivity index (χ3n) is 5.09. The number of methoxy groups -OCH3 is 1. The van der Waals surface area contributed by atoms with E-state index in [4.69, 9.17) is 4.74 Å². The maximum atomic E-state index is 12.4. The molecule has 33 heavy (non-hydrogen) atoms. The molecule has 3 rings (SSSR count). The van der Waals surface area contributed by atoms with Crippen LogP contribution in [0.1, 0.15) is 28.0 Å². The van der Waals surface area contributed by atoms with Gasteiger partial charge in [-0.3, -0.25) is 14.3 Å². The lowest BCUT2D eigenvalue weighted by molar-refractivity contribution is -0.138. The summed E-state index contributed by atoms with van der Waals surface area (Å²) in [5.41, 5.74) is 2.36. The number of nitrogens with zero attached hydrogens (tertiary/aromatic N) is 3. The van der Waals surface area contributed by atoms with Crippen molar-refractivity contribution in [1.82, 2.24) is 24.8 Å². The van der Waals surface area contributed by atoms with Crippen molar-refractivity contribution < 1.29 is 27.9 Å². The van der Waals surface area contributed by atoms with Gasteiger partial charge in [0.25, 0.3) is 5.91 Å². The number of hydrogen-bond acceptors (Lipinski definition) is 8. The maximum absolute atomic E-state index is 12.4. The molecule has 1 aliphatic rings. The van der Waals surface area contributed by atoms with Crippen LogP contribution < -0.4 is 15.4 Å². The van der Waals surface area contributed by atoms with Gasteiger partial charge < -0.3 is 20.5 Å². The number of nitrogens with one attached hydrogen (secondary N) is 3. The topological polar surface area (TPSA) is 165 Å². The molecule has 0 bridgehead atoms. The third-order valence-corrected chi connectivity index (χ3v) is 6.43. The Kier molecular flexibility index (Phi) is 8.36. The lowest BCUT2D eigenvalue weighted by atomic mass is 10.1. The minimum atomic E-state index is -3.87. The molecule has 180 valence electrons. The molecule has 1 atom stereocenters. The Hall–Kier alpha value is -3.03. The van der Waals surface area contributed by atoms with Gasteiger partial charge in [-0.25, -0.2) is 13.4 Å². The number of amides is 1. The van der Waals surface area contributed by atoms with E-state index in [0.29, 0.717) is 13.0 Å². The summed E-state index contributed by atoms with van der Waals surface area (Å²) < 4.78 is 32.1. The van der Waals surface area contributed by atoms with E-state index in [0.717, 1.165) is 30.9 Å². The van der Waals surface area contributed by atoms with Gasteiger partial charge in [-0.1, -0.05) is 6.07 Å². The monoisotopic (exact) mass is 480 g/mol. The Morgan fingerprint density at radius 3 is 2.94 bits per heavy atom. The van der Waals surface area contributed by atoms with Crippen molar-refractivity contribution in [2.75, 3.05) is 37.9 Å². The SMILES string of the molecule is COCCS(=O)(=O)NC(CNC(=O)c1cnn(CCc2ccc3c(n2)NCCC3)c1)C(=O)O. The summed E-state index contributed by atoms with van der Waals surface area (Å²) in [5, 5.41) is 19.2. The number of fused-ring (bicyclic) bond motifs is 1. The van der Waals surface area contributed by atoms with Gasteiger partial charge in [0.05, 0.1) is 24.1 Å². The van der Waals surface area contributed by atoms with Crippen LogP contribution in [0.3, 0.4) is 0 Å². The highest BCUT2D eigenvalue weighted by atomic mass is 32.2. The van der Waals surface area contributed by atoms with Crippen molar-refractivity contribution in [1.29, 1.82) is 0 Å². The van der Waals surface area contributed by atoms with Gasteiger partial charge in [0, 0.05) is 45.1 Å². The van der Waals surface area contributed by atoms with E-state index in [1.165, 1.54) is 18.9 Å². The number of aliphatic carboxylic acids is 1. The molecule has 2 aromatic rings. The molecule has 1 amide bonds. The molecule has 0 saturated heterocycles. The quantitative estimate of drug-likeness (QED) is 0.317. The van der Waals surface area contributed by atoms with Crippen molar-refractivity contribution in [2.45, 2.75) is 31.8 Å². The second-order valence-electron chi connectivity index (χ2n) is 7.61. The molecule has 0 aromatic carbocycles. The number of ether oxygens (including phenoxy) is 1. The highest BCUT2D eigenvalue weighted by molar-refractivity contribution is 7.89. The van der Waals surface area contributed by atoms with E-state index in [1.807, 2.05) is 10.8 Å². The van der Waals surface area contributed by atoms with Gasteiger partial charge in [-0.05, 0) is 24.5 Å². The number of carboxylic acids is 1. The van der Waals surface area contributed by atoms with Gasteiger partial charge in [-0.2, -0.15) is 9.82 Å². The summed E-state index contributed by atoms with van der Waals surface area (Å²) in [7, 11) is -2.53. The smallest absolute Gasteiger partial charge is 0.323 e. The van der Waals surface area contributed by atoms with Crippen LogP contribution in [-0.2, 0) is 38.9 Å². The lowest BCUT2D eigenvalue weighted by Gasteiger charge is -2.17. The largest absolute Gasteiger partial charge is 0.480 e. The molecule has 0 radical (unpaired) electrons. The number of rotatable bonds is 12. The number of hydrogen-bond donors (Lipinski definition) is 4. The van der Waals surface area contributed by atoms with Gasteiger partial charge in [0.2, 0.25) is 10.0 Å². The van der Waals surface area contributed by atoms with Gasteiger partial charge >= 0.3 is 5.97 Å². The molecule has 2 aromatic heterocycles. The highest BCUT2D eigenvalue weighted by Crippen LogP contribution is 2.19. The second-order valence-corrected chi connectivity index (χ2v) is 9.49. The van der Waals surface area contributed by atoms with Crippen LogP contribution in [0.4, 0.5) is 5.82 Å². The average molecular weight is 481 g/mol. The first kappa shape index (κ1) is 24.6. The van der Waals surface area contributed by atoms with Crippen LogP contribution in [0, 0.1) is 0 Å². The summed E-state index contributed by atoms with van der Waals surface area (Å²) in [4.78, 5) is 28.4. The minimum Gasteiger partial charge on any atom is -0.480 e. The summed E-state index contributed by atoms with van der Waals surface area (Å²) in [6.45, 7) is 0.927. The lowest BCUT2D eigenvalue weighted by Crippen LogP contribution is -2.49. The number of sulfonamides is 1. The predicted octanol–water partition coefficient (Wildman–Crippen LogP) is -0.372.